The summed E-state index contributed by atoms with van der Waals surface area (Å²) in [6.45, 7) is 2.89. The first-order valence-electron chi connectivity index (χ1n) is 8.99. The number of rotatable bonds is 5. The average molecular weight is 340 g/mol. The second kappa shape index (κ2) is 8.46. The summed E-state index contributed by atoms with van der Waals surface area (Å²) >= 11 is 6.21. The van der Waals surface area contributed by atoms with Crippen LogP contribution in [0.3, 0.4) is 0 Å². The Labute approximate surface area is 143 Å². The van der Waals surface area contributed by atoms with Crippen LogP contribution < -0.4 is 5.32 Å². The summed E-state index contributed by atoms with van der Waals surface area (Å²) in [6, 6.07) is 5.67. The van der Waals surface area contributed by atoms with E-state index in [0.29, 0.717) is 17.0 Å². The van der Waals surface area contributed by atoms with Crippen LogP contribution in [0, 0.1) is 11.7 Å². The standard InChI is InChI=1S/C19H27ClFNO/c20-17-2-1-3-18(21)19(17)15-6-4-14(5-7-15)8-11-22-16-9-12-23-13-10-16/h1-3,14-16,22H,4-13H2. The minimum Gasteiger partial charge on any atom is -0.381 e. The lowest BCUT2D eigenvalue weighted by Gasteiger charge is -2.30. The number of nitrogens with one attached hydrogen (secondary N) is 1. The smallest absolute Gasteiger partial charge is 0.128 e. The molecule has 128 valence electrons. The number of hydrogen-bond donors (Lipinski definition) is 1. The van der Waals surface area contributed by atoms with Gasteiger partial charge in [-0.05, 0) is 75.5 Å². The minimum absolute atomic E-state index is 0.137. The van der Waals surface area contributed by atoms with Crippen LogP contribution in [0.4, 0.5) is 4.39 Å². The lowest BCUT2D eigenvalue weighted by molar-refractivity contribution is 0.0775. The van der Waals surface area contributed by atoms with Crippen molar-refractivity contribution in [1.82, 2.24) is 5.32 Å². The summed E-state index contributed by atoms with van der Waals surface area (Å²) in [5.74, 6) is 0.926. The van der Waals surface area contributed by atoms with Gasteiger partial charge in [0, 0.05) is 29.8 Å². The molecule has 1 heterocycles. The van der Waals surface area contributed by atoms with Crippen molar-refractivity contribution in [2.75, 3.05) is 19.8 Å². The van der Waals surface area contributed by atoms with Gasteiger partial charge in [-0.25, -0.2) is 4.39 Å². The molecule has 0 spiro atoms. The topological polar surface area (TPSA) is 21.3 Å². The van der Waals surface area contributed by atoms with E-state index in [1.54, 1.807) is 6.07 Å². The summed E-state index contributed by atoms with van der Waals surface area (Å²) in [6.07, 6.45) is 7.99. The van der Waals surface area contributed by atoms with E-state index >= 15 is 0 Å². The molecule has 2 nitrogen and oxygen atoms in total. The van der Waals surface area contributed by atoms with Crippen LogP contribution in [-0.4, -0.2) is 25.8 Å². The maximum atomic E-state index is 14.0. The highest BCUT2D eigenvalue weighted by atomic mass is 35.5. The SMILES string of the molecule is Fc1cccc(Cl)c1C1CCC(CCNC2CCOCC2)CC1. The zero-order chi connectivity index (χ0) is 16.1. The molecule has 1 aliphatic carbocycles. The Bertz CT molecular complexity index is 476. The van der Waals surface area contributed by atoms with Crippen LogP contribution in [0.25, 0.3) is 0 Å². The van der Waals surface area contributed by atoms with Gasteiger partial charge in [0.1, 0.15) is 5.82 Å². The van der Waals surface area contributed by atoms with Gasteiger partial charge in [-0.1, -0.05) is 17.7 Å². The Hall–Kier alpha value is -0.640. The molecule has 0 radical (unpaired) electrons. The van der Waals surface area contributed by atoms with Crippen molar-refractivity contribution in [2.24, 2.45) is 5.92 Å². The lowest BCUT2D eigenvalue weighted by atomic mass is 9.77. The van der Waals surface area contributed by atoms with Crippen molar-refractivity contribution in [3.05, 3.63) is 34.6 Å². The largest absolute Gasteiger partial charge is 0.381 e. The Kier molecular flexibility index (Phi) is 6.32. The average Bonchev–Trinajstić information content (AvgIpc) is 2.57. The predicted molar refractivity (Wildman–Crippen MR) is 92.6 cm³/mol. The van der Waals surface area contributed by atoms with E-state index in [0.717, 1.165) is 56.9 Å². The second-order valence-corrected chi connectivity index (χ2v) is 7.39. The van der Waals surface area contributed by atoms with E-state index in [-0.39, 0.29) is 5.82 Å². The molecule has 1 N–H and O–H groups in total. The van der Waals surface area contributed by atoms with Crippen molar-refractivity contribution in [3.63, 3.8) is 0 Å². The van der Waals surface area contributed by atoms with Gasteiger partial charge in [0.25, 0.3) is 0 Å². The van der Waals surface area contributed by atoms with E-state index in [4.69, 9.17) is 16.3 Å². The first kappa shape index (κ1) is 17.2. The quantitative estimate of drug-likeness (QED) is 0.822. The number of hydrogen-bond acceptors (Lipinski definition) is 2. The molecule has 0 amide bonds. The summed E-state index contributed by atoms with van der Waals surface area (Å²) in [5.41, 5.74) is 0.743. The van der Waals surface area contributed by atoms with Crippen LogP contribution in [0.1, 0.15) is 56.4 Å². The number of ether oxygens (including phenoxy) is 1. The third kappa shape index (κ3) is 4.68. The van der Waals surface area contributed by atoms with Gasteiger partial charge < -0.3 is 10.1 Å². The van der Waals surface area contributed by atoms with Crippen molar-refractivity contribution in [3.8, 4) is 0 Å². The molecule has 1 aromatic rings. The zero-order valence-corrected chi connectivity index (χ0v) is 14.5. The van der Waals surface area contributed by atoms with Gasteiger partial charge in [0.15, 0.2) is 0 Å². The highest BCUT2D eigenvalue weighted by Crippen LogP contribution is 2.40. The Morgan fingerprint density at radius 1 is 1.09 bits per heavy atom. The van der Waals surface area contributed by atoms with Crippen molar-refractivity contribution >= 4 is 11.6 Å². The summed E-state index contributed by atoms with van der Waals surface area (Å²) in [4.78, 5) is 0. The van der Waals surface area contributed by atoms with E-state index in [1.165, 1.54) is 25.3 Å². The summed E-state index contributed by atoms with van der Waals surface area (Å²) in [7, 11) is 0. The zero-order valence-electron chi connectivity index (χ0n) is 13.7. The fraction of sp³-hybridized carbons (Fsp3) is 0.684. The van der Waals surface area contributed by atoms with E-state index in [2.05, 4.69) is 5.32 Å². The van der Waals surface area contributed by atoms with E-state index in [9.17, 15) is 4.39 Å². The van der Waals surface area contributed by atoms with Gasteiger partial charge in [-0.3, -0.25) is 0 Å². The molecule has 0 aromatic heterocycles. The Morgan fingerprint density at radius 3 is 2.52 bits per heavy atom. The molecular formula is C19H27ClFNO. The third-order valence-corrected chi connectivity index (χ3v) is 5.79. The summed E-state index contributed by atoms with van der Waals surface area (Å²) in [5, 5.41) is 4.26. The molecule has 23 heavy (non-hydrogen) atoms. The van der Waals surface area contributed by atoms with Crippen LogP contribution in [-0.2, 0) is 4.74 Å². The van der Waals surface area contributed by atoms with Gasteiger partial charge in [-0.15, -0.1) is 0 Å². The van der Waals surface area contributed by atoms with Gasteiger partial charge in [-0.2, -0.15) is 0 Å². The molecule has 0 atom stereocenters. The molecule has 0 bridgehead atoms. The maximum absolute atomic E-state index is 14.0. The van der Waals surface area contributed by atoms with E-state index < -0.39 is 0 Å². The highest BCUT2D eigenvalue weighted by Gasteiger charge is 2.26. The van der Waals surface area contributed by atoms with Gasteiger partial charge in [0.2, 0.25) is 0 Å². The molecular weight excluding hydrogens is 313 g/mol. The van der Waals surface area contributed by atoms with Crippen LogP contribution >= 0.6 is 11.6 Å². The maximum Gasteiger partial charge on any atom is 0.128 e. The Morgan fingerprint density at radius 2 is 1.83 bits per heavy atom. The molecule has 1 aliphatic heterocycles. The molecule has 4 heteroatoms. The predicted octanol–water partition coefficient (Wildman–Crippen LogP) is 4.91. The first-order valence-corrected chi connectivity index (χ1v) is 9.37. The highest BCUT2D eigenvalue weighted by molar-refractivity contribution is 6.31. The number of halogens is 2. The molecule has 2 aliphatic rings. The Balaban J connectivity index is 1.41. The second-order valence-electron chi connectivity index (χ2n) is 6.98. The fourth-order valence-corrected chi connectivity index (χ4v) is 4.35. The van der Waals surface area contributed by atoms with Crippen molar-refractivity contribution in [2.45, 2.75) is 56.9 Å². The molecule has 1 aromatic carbocycles. The van der Waals surface area contributed by atoms with E-state index in [1.807, 2.05) is 6.07 Å². The third-order valence-electron chi connectivity index (χ3n) is 5.46. The van der Waals surface area contributed by atoms with Crippen LogP contribution in [0.5, 0.6) is 0 Å². The normalized spacial score (nSPS) is 26.3. The van der Waals surface area contributed by atoms with Gasteiger partial charge >= 0.3 is 0 Å². The molecule has 1 saturated carbocycles. The lowest BCUT2D eigenvalue weighted by Crippen LogP contribution is -2.36. The molecule has 2 fully saturated rings. The monoisotopic (exact) mass is 339 g/mol. The molecule has 0 unspecified atom stereocenters. The van der Waals surface area contributed by atoms with Crippen LogP contribution in [0.15, 0.2) is 18.2 Å². The molecule has 1 saturated heterocycles. The molecule has 3 rings (SSSR count). The summed E-state index contributed by atoms with van der Waals surface area (Å²) < 4.78 is 19.4. The van der Waals surface area contributed by atoms with Crippen molar-refractivity contribution in [1.29, 1.82) is 0 Å². The number of benzene rings is 1. The van der Waals surface area contributed by atoms with Crippen LogP contribution in [0.2, 0.25) is 5.02 Å². The van der Waals surface area contributed by atoms with Gasteiger partial charge in [0.05, 0.1) is 0 Å². The van der Waals surface area contributed by atoms with Crippen molar-refractivity contribution < 1.29 is 9.13 Å². The minimum atomic E-state index is -0.137. The fourth-order valence-electron chi connectivity index (χ4n) is 4.03. The first-order chi connectivity index (χ1) is 11.2.